The Kier molecular flexibility index (Phi) is 4.22. The predicted octanol–water partition coefficient (Wildman–Crippen LogP) is 1.61. The highest BCUT2D eigenvalue weighted by atomic mass is 32.2. The first-order valence-electron chi connectivity index (χ1n) is 4.15. The van der Waals surface area contributed by atoms with Gasteiger partial charge in [-0.05, 0) is 24.3 Å². The van der Waals surface area contributed by atoms with Crippen molar-refractivity contribution in [3.8, 4) is 12.1 Å². The van der Waals surface area contributed by atoms with Gasteiger partial charge < -0.3 is 9.87 Å². The molecule has 0 saturated heterocycles. The average molecular weight is 233 g/mol. The molecular weight excluding hydrogens is 226 g/mol. The summed E-state index contributed by atoms with van der Waals surface area (Å²) in [6, 6.07) is 9.51. The maximum atomic E-state index is 10.7. The van der Waals surface area contributed by atoms with Crippen LogP contribution in [0.1, 0.15) is 0 Å². The van der Waals surface area contributed by atoms with E-state index < -0.39 is 11.1 Å². The Morgan fingerprint density at radius 3 is 2.31 bits per heavy atom. The summed E-state index contributed by atoms with van der Waals surface area (Å²) in [6.07, 6.45) is 1.27. The van der Waals surface area contributed by atoms with Crippen LogP contribution in [-0.2, 0) is 11.1 Å². The number of nitrogens with one attached hydrogen (secondary N) is 1. The Morgan fingerprint density at radius 1 is 1.31 bits per heavy atom. The Morgan fingerprint density at radius 2 is 1.88 bits per heavy atom. The van der Waals surface area contributed by atoms with Crippen LogP contribution in [0.5, 0.6) is 0 Å². The van der Waals surface area contributed by atoms with Crippen LogP contribution in [0.4, 0.5) is 5.69 Å². The molecule has 1 aromatic rings. The third-order valence-corrected chi connectivity index (χ3v) is 2.36. The van der Waals surface area contributed by atoms with Crippen LogP contribution >= 0.6 is 0 Å². The molecular formula is C10H7N3O2S. The molecule has 1 rings (SSSR count). The van der Waals surface area contributed by atoms with Gasteiger partial charge in [-0.15, -0.1) is 0 Å². The lowest BCUT2D eigenvalue weighted by Gasteiger charge is -2.00. The highest BCUT2D eigenvalue weighted by molar-refractivity contribution is 7.79. The van der Waals surface area contributed by atoms with Crippen LogP contribution in [0.15, 0.2) is 40.9 Å². The van der Waals surface area contributed by atoms with Gasteiger partial charge in [-0.25, -0.2) is 4.21 Å². The summed E-state index contributed by atoms with van der Waals surface area (Å²) in [5, 5.41) is 19.7. The number of allylic oxidation sites excluding steroid dienone is 1. The van der Waals surface area contributed by atoms with Crippen molar-refractivity contribution < 1.29 is 8.76 Å². The Hall–Kier alpha value is -2.15. The number of nitrogens with zero attached hydrogens (tertiary/aromatic N) is 2. The number of nitriles is 2. The third kappa shape index (κ3) is 3.21. The maximum Gasteiger partial charge on any atom is 0.186 e. The second-order valence-electron chi connectivity index (χ2n) is 2.70. The molecule has 0 aliphatic carbocycles. The molecule has 0 radical (unpaired) electrons. The molecule has 0 fully saturated rings. The predicted molar refractivity (Wildman–Crippen MR) is 58.4 cm³/mol. The van der Waals surface area contributed by atoms with Crippen molar-refractivity contribution in [2.45, 2.75) is 4.90 Å². The second-order valence-corrected chi connectivity index (χ2v) is 3.67. The molecule has 0 heterocycles. The molecule has 1 unspecified atom stereocenters. The lowest BCUT2D eigenvalue weighted by Crippen LogP contribution is -1.91. The highest BCUT2D eigenvalue weighted by Gasteiger charge is 1.98. The molecule has 1 atom stereocenters. The standard InChI is InChI=1S/C10H7N3O2S/c11-5-8(6-12)7-13-9-1-3-10(4-2-9)16(14)15/h1-4,7,13H,(H,14,15). The summed E-state index contributed by atoms with van der Waals surface area (Å²) < 4.78 is 19.4. The van der Waals surface area contributed by atoms with Gasteiger partial charge >= 0.3 is 0 Å². The summed E-state index contributed by atoms with van der Waals surface area (Å²) in [4.78, 5) is 0.287. The van der Waals surface area contributed by atoms with Gasteiger partial charge in [0.25, 0.3) is 0 Å². The summed E-state index contributed by atoms with van der Waals surface area (Å²) >= 11 is -2.00. The minimum atomic E-state index is -2.00. The lowest BCUT2D eigenvalue weighted by atomic mass is 10.3. The zero-order chi connectivity index (χ0) is 12.0. The van der Waals surface area contributed by atoms with E-state index in [2.05, 4.69) is 5.32 Å². The molecule has 0 spiro atoms. The molecule has 0 saturated carbocycles. The molecule has 0 bridgehead atoms. The van der Waals surface area contributed by atoms with Gasteiger partial charge in [0.2, 0.25) is 0 Å². The third-order valence-electron chi connectivity index (χ3n) is 1.68. The van der Waals surface area contributed by atoms with Crippen molar-refractivity contribution in [3.05, 3.63) is 36.0 Å². The molecule has 80 valence electrons. The van der Waals surface area contributed by atoms with Crippen LogP contribution in [0, 0.1) is 22.7 Å². The smallest absolute Gasteiger partial charge is 0.186 e. The van der Waals surface area contributed by atoms with Gasteiger partial charge in [0.1, 0.15) is 17.7 Å². The lowest BCUT2D eigenvalue weighted by molar-refractivity contribution is 0.564. The van der Waals surface area contributed by atoms with E-state index in [1.807, 2.05) is 0 Å². The fourth-order valence-corrected chi connectivity index (χ4v) is 1.28. The van der Waals surface area contributed by atoms with Gasteiger partial charge in [-0.1, -0.05) is 0 Å². The molecule has 16 heavy (non-hydrogen) atoms. The summed E-state index contributed by atoms with van der Waals surface area (Å²) in [6.45, 7) is 0. The maximum absolute atomic E-state index is 10.7. The first-order valence-corrected chi connectivity index (χ1v) is 5.26. The molecule has 1 aromatic carbocycles. The Balaban J connectivity index is 2.78. The second kappa shape index (κ2) is 5.66. The van der Waals surface area contributed by atoms with E-state index >= 15 is 0 Å². The normalized spacial score (nSPS) is 10.7. The number of hydrogen-bond acceptors (Lipinski definition) is 4. The van der Waals surface area contributed by atoms with Crippen molar-refractivity contribution in [2.75, 3.05) is 5.32 Å². The van der Waals surface area contributed by atoms with Crippen LogP contribution < -0.4 is 5.32 Å². The van der Waals surface area contributed by atoms with Gasteiger partial charge in [0.05, 0.1) is 4.90 Å². The van der Waals surface area contributed by atoms with Crippen LogP contribution in [-0.4, -0.2) is 8.76 Å². The zero-order valence-corrected chi connectivity index (χ0v) is 8.86. The van der Waals surface area contributed by atoms with E-state index in [4.69, 9.17) is 15.1 Å². The number of hydrogen-bond donors (Lipinski definition) is 2. The van der Waals surface area contributed by atoms with Crippen LogP contribution in [0.25, 0.3) is 0 Å². The van der Waals surface area contributed by atoms with Gasteiger partial charge in [0.15, 0.2) is 11.1 Å². The average Bonchev–Trinajstić information content (AvgIpc) is 2.31. The van der Waals surface area contributed by atoms with Crippen molar-refractivity contribution in [1.82, 2.24) is 0 Å². The fraction of sp³-hybridized carbons (Fsp3) is 0. The first-order chi connectivity index (χ1) is 7.67. The van der Waals surface area contributed by atoms with E-state index in [1.54, 1.807) is 24.3 Å². The fourth-order valence-electron chi connectivity index (χ4n) is 0.913. The van der Waals surface area contributed by atoms with Crippen molar-refractivity contribution in [3.63, 3.8) is 0 Å². The number of benzene rings is 1. The van der Waals surface area contributed by atoms with E-state index in [0.29, 0.717) is 5.69 Å². The van der Waals surface area contributed by atoms with Crippen molar-refractivity contribution in [1.29, 1.82) is 10.5 Å². The molecule has 5 nitrogen and oxygen atoms in total. The van der Waals surface area contributed by atoms with Crippen molar-refractivity contribution in [2.24, 2.45) is 0 Å². The molecule has 0 aliphatic heterocycles. The Bertz CT molecular complexity index is 492. The summed E-state index contributed by atoms with van der Waals surface area (Å²) in [5.41, 5.74) is 0.576. The van der Waals surface area contributed by atoms with Crippen LogP contribution in [0.3, 0.4) is 0 Å². The van der Waals surface area contributed by atoms with E-state index in [9.17, 15) is 4.21 Å². The quantitative estimate of drug-likeness (QED) is 0.610. The van der Waals surface area contributed by atoms with Gasteiger partial charge in [0, 0.05) is 11.9 Å². The topological polar surface area (TPSA) is 96.9 Å². The minimum Gasteiger partial charge on any atom is -0.360 e. The van der Waals surface area contributed by atoms with Gasteiger partial charge in [-0.2, -0.15) is 10.5 Å². The van der Waals surface area contributed by atoms with E-state index in [0.717, 1.165) is 0 Å². The SMILES string of the molecule is N#CC(C#N)=CNc1ccc(S(=O)O)cc1. The molecule has 0 aliphatic rings. The minimum absolute atomic E-state index is 0.0465. The first kappa shape index (κ1) is 11.9. The molecule has 2 N–H and O–H groups in total. The van der Waals surface area contributed by atoms with E-state index in [1.165, 1.54) is 18.3 Å². The summed E-state index contributed by atoms with van der Waals surface area (Å²) in [7, 11) is 0. The van der Waals surface area contributed by atoms with Gasteiger partial charge in [-0.3, -0.25) is 0 Å². The van der Waals surface area contributed by atoms with Crippen molar-refractivity contribution >= 4 is 16.8 Å². The monoisotopic (exact) mass is 233 g/mol. The zero-order valence-electron chi connectivity index (χ0n) is 8.04. The molecule has 6 heteroatoms. The largest absolute Gasteiger partial charge is 0.360 e. The summed E-state index contributed by atoms with van der Waals surface area (Å²) in [5.74, 6) is 0. The number of anilines is 1. The highest BCUT2D eigenvalue weighted by Crippen LogP contribution is 2.11. The number of rotatable bonds is 3. The molecule has 0 amide bonds. The Labute approximate surface area is 94.9 Å². The van der Waals surface area contributed by atoms with E-state index in [-0.39, 0.29) is 10.5 Å². The van der Waals surface area contributed by atoms with Crippen LogP contribution in [0.2, 0.25) is 0 Å². The molecule has 0 aromatic heterocycles.